The van der Waals surface area contributed by atoms with Crippen LogP contribution in [-0.2, 0) is 11.2 Å². The van der Waals surface area contributed by atoms with Crippen LogP contribution in [-0.4, -0.2) is 11.0 Å². The van der Waals surface area contributed by atoms with Crippen LogP contribution in [0, 0.1) is 13.8 Å². The summed E-state index contributed by atoms with van der Waals surface area (Å²) in [6.45, 7) is 4.05. The van der Waals surface area contributed by atoms with Gasteiger partial charge in [-0.3, -0.25) is 4.79 Å². The standard InChI is InChI=1S/C16H17NO2/c1-11-6-7-14(8-12(11)2)17-16(19)10-13-4-3-5-15(18)9-13/h3-9,18H,10H2,1-2H3,(H,17,19). The first-order chi connectivity index (χ1) is 9.04. The van der Waals surface area contributed by atoms with Crippen molar-refractivity contribution in [3.8, 4) is 5.75 Å². The Hall–Kier alpha value is -2.29. The molecule has 0 unspecified atom stereocenters. The number of hydrogen-bond donors (Lipinski definition) is 2. The maximum absolute atomic E-state index is 11.9. The average Bonchev–Trinajstić information content (AvgIpc) is 2.34. The van der Waals surface area contributed by atoms with Crippen LogP contribution in [0.4, 0.5) is 5.69 Å². The molecule has 3 heteroatoms. The van der Waals surface area contributed by atoms with Crippen molar-refractivity contribution in [3.05, 3.63) is 59.2 Å². The molecular weight excluding hydrogens is 238 g/mol. The summed E-state index contributed by atoms with van der Waals surface area (Å²) in [5.41, 5.74) is 3.94. The van der Waals surface area contributed by atoms with Crippen molar-refractivity contribution in [1.82, 2.24) is 0 Å². The van der Waals surface area contributed by atoms with Gasteiger partial charge < -0.3 is 10.4 Å². The van der Waals surface area contributed by atoms with Gasteiger partial charge in [-0.25, -0.2) is 0 Å². The minimum atomic E-state index is -0.0890. The summed E-state index contributed by atoms with van der Waals surface area (Å²) in [5, 5.41) is 12.2. The lowest BCUT2D eigenvalue weighted by Gasteiger charge is -2.08. The van der Waals surface area contributed by atoms with Crippen molar-refractivity contribution in [2.75, 3.05) is 5.32 Å². The minimum absolute atomic E-state index is 0.0890. The average molecular weight is 255 g/mol. The van der Waals surface area contributed by atoms with Gasteiger partial charge in [0.25, 0.3) is 0 Å². The summed E-state index contributed by atoms with van der Waals surface area (Å²) in [6.07, 6.45) is 0.251. The second-order valence-electron chi connectivity index (χ2n) is 4.69. The van der Waals surface area contributed by atoms with Gasteiger partial charge in [-0.1, -0.05) is 18.2 Å². The number of phenolic OH excluding ortho intramolecular Hbond substituents is 1. The molecule has 0 aliphatic rings. The number of carbonyl (C=O) groups is 1. The van der Waals surface area contributed by atoms with E-state index in [1.165, 1.54) is 5.56 Å². The van der Waals surface area contributed by atoms with Crippen LogP contribution >= 0.6 is 0 Å². The molecule has 0 aliphatic heterocycles. The van der Waals surface area contributed by atoms with Gasteiger partial charge in [-0.05, 0) is 54.8 Å². The number of rotatable bonds is 3. The summed E-state index contributed by atoms with van der Waals surface area (Å²) in [7, 11) is 0. The van der Waals surface area contributed by atoms with Crippen molar-refractivity contribution >= 4 is 11.6 Å². The lowest BCUT2D eigenvalue weighted by atomic mass is 10.1. The van der Waals surface area contributed by atoms with Crippen molar-refractivity contribution in [2.45, 2.75) is 20.3 Å². The second-order valence-corrected chi connectivity index (χ2v) is 4.69. The number of benzene rings is 2. The molecule has 19 heavy (non-hydrogen) atoms. The molecule has 98 valence electrons. The van der Waals surface area contributed by atoms with E-state index in [1.807, 2.05) is 38.1 Å². The summed E-state index contributed by atoms with van der Waals surface area (Å²) in [6, 6.07) is 12.6. The van der Waals surface area contributed by atoms with Gasteiger partial charge in [-0.2, -0.15) is 0 Å². The summed E-state index contributed by atoms with van der Waals surface area (Å²) < 4.78 is 0. The van der Waals surface area contributed by atoms with Crippen LogP contribution < -0.4 is 5.32 Å². The van der Waals surface area contributed by atoms with Crippen molar-refractivity contribution in [2.24, 2.45) is 0 Å². The fourth-order valence-corrected chi connectivity index (χ4v) is 1.88. The SMILES string of the molecule is Cc1ccc(NC(=O)Cc2cccc(O)c2)cc1C. The molecule has 2 aromatic carbocycles. The maximum Gasteiger partial charge on any atom is 0.228 e. The smallest absolute Gasteiger partial charge is 0.228 e. The van der Waals surface area contributed by atoms with Gasteiger partial charge in [0.05, 0.1) is 6.42 Å². The molecule has 0 atom stereocenters. The fourth-order valence-electron chi connectivity index (χ4n) is 1.88. The minimum Gasteiger partial charge on any atom is -0.508 e. The van der Waals surface area contributed by atoms with Crippen LogP contribution in [0.2, 0.25) is 0 Å². The highest BCUT2D eigenvalue weighted by Crippen LogP contribution is 2.15. The number of hydrogen-bond acceptors (Lipinski definition) is 2. The summed E-state index contributed by atoms with van der Waals surface area (Å²) in [5.74, 6) is 0.0883. The molecule has 2 N–H and O–H groups in total. The van der Waals surface area contributed by atoms with E-state index in [9.17, 15) is 9.90 Å². The Bertz CT molecular complexity index is 605. The Morgan fingerprint density at radius 2 is 1.89 bits per heavy atom. The Balaban J connectivity index is 2.03. The van der Waals surface area contributed by atoms with E-state index < -0.39 is 0 Å². The predicted octanol–water partition coefficient (Wildman–Crippen LogP) is 3.19. The highest BCUT2D eigenvalue weighted by molar-refractivity contribution is 5.92. The zero-order valence-corrected chi connectivity index (χ0v) is 11.1. The number of nitrogens with one attached hydrogen (secondary N) is 1. The molecule has 2 aromatic rings. The third kappa shape index (κ3) is 3.58. The van der Waals surface area contributed by atoms with E-state index in [0.717, 1.165) is 16.8 Å². The molecule has 1 amide bonds. The highest BCUT2D eigenvalue weighted by atomic mass is 16.3. The number of carbonyl (C=O) groups excluding carboxylic acids is 1. The Labute approximate surface area is 112 Å². The quantitative estimate of drug-likeness (QED) is 0.885. The van der Waals surface area contributed by atoms with Gasteiger partial charge in [0.1, 0.15) is 5.75 Å². The number of anilines is 1. The van der Waals surface area contributed by atoms with Crippen molar-refractivity contribution in [1.29, 1.82) is 0 Å². The van der Waals surface area contributed by atoms with Gasteiger partial charge in [0.15, 0.2) is 0 Å². The maximum atomic E-state index is 11.9. The largest absolute Gasteiger partial charge is 0.508 e. The van der Waals surface area contributed by atoms with Crippen molar-refractivity contribution < 1.29 is 9.90 Å². The zero-order chi connectivity index (χ0) is 13.8. The topological polar surface area (TPSA) is 49.3 Å². The fraction of sp³-hybridized carbons (Fsp3) is 0.188. The Kier molecular flexibility index (Phi) is 3.85. The Morgan fingerprint density at radius 1 is 1.11 bits per heavy atom. The number of aromatic hydroxyl groups is 1. The van der Waals surface area contributed by atoms with E-state index in [1.54, 1.807) is 18.2 Å². The molecule has 0 aliphatic carbocycles. The first kappa shape index (κ1) is 13.1. The lowest BCUT2D eigenvalue weighted by molar-refractivity contribution is -0.115. The van der Waals surface area contributed by atoms with E-state index in [-0.39, 0.29) is 18.1 Å². The van der Waals surface area contributed by atoms with E-state index in [2.05, 4.69) is 5.32 Å². The monoisotopic (exact) mass is 255 g/mol. The molecule has 0 saturated carbocycles. The summed E-state index contributed by atoms with van der Waals surface area (Å²) >= 11 is 0. The van der Waals surface area contributed by atoms with Gasteiger partial charge in [0.2, 0.25) is 5.91 Å². The number of phenols is 1. The Morgan fingerprint density at radius 3 is 2.58 bits per heavy atom. The van der Waals surface area contributed by atoms with Crippen LogP contribution in [0.3, 0.4) is 0 Å². The molecule has 0 heterocycles. The van der Waals surface area contributed by atoms with Crippen LogP contribution in [0.25, 0.3) is 0 Å². The molecule has 0 saturated heterocycles. The number of aryl methyl sites for hydroxylation is 2. The van der Waals surface area contributed by atoms with Gasteiger partial charge in [0, 0.05) is 5.69 Å². The highest BCUT2D eigenvalue weighted by Gasteiger charge is 2.05. The normalized spacial score (nSPS) is 10.2. The van der Waals surface area contributed by atoms with E-state index in [0.29, 0.717) is 0 Å². The molecule has 0 fully saturated rings. The number of amides is 1. The molecule has 0 spiro atoms. The summed E-state index contributed by atoms with van der Waals surface area (Å²) in [4.78, 5) is 11.9. The van der Waals surface area contributed by atoms with Gasteiger partial charge in [-0.15, -0.1) is 0 Å². The first-order valence-corrected chi connectivity index (χ1v) is 6.19. The molecule has 0 bridgehead atoms. The van der Waals surface area contributed by atoms with Gasteiger partial charge >= 0.3 is 0 Å². The van der Waals surface area contributed by atoms with Crippen LogP contribution in [0.5, 0.6) is 5.75 Å². The molecular formula is C16H17NO2. The third-order valence-corrected chi connectivity index (χ3v) is 3.07. The van der Waals surface area contributed by atoms with Crippen LogP contribution in [0.15, 0.2) is 42.5 Å². The molecule has 0 aromatic heterocycles. The van der Waals surface area contributed by atoms with E-state index >= 15 is 0 Å². The molecule has 0 radical (unpaired) electrons. The van der Waals surface area contributed by atoms with Crippen molar-refractivity contribution in [3.63, 3.8) is 0 Å². The predicted molar refractivity (Wildman–Crippen MR) is 76.4 cm³/mol. The first-order valence-electron chi connectivity index (χ1n) is 6.19. The lowest BCUT2D eigenvalue weighted by Crippen LogP contribution is -2.14. The van der Waals surface area contributed by atoms with Crippen LogP contribution in [0.1, 0.15) is 16.7 Å². The van der Waals surface area contributed by atoms with E-state index in [4.69, 9.17) is 0 Å². The second kappa shape index (κ2) is 5.57. The molecule has 2 rings (SSSR count). The third-order valence-electron chi connectivity index (χ3n) is 3.07. The molecule has 3 nitrogen and oxygen atoms in total. The zero-order valence-electron chi connectivity index (χ0n) is 11.1.